The molecule has 0 saturated heterocycles. The van der Waals surface area contributed by atoms with Crippen LogP contribution in [0.15, 0.2) is 23.1 Å². The third-order valence-electron chi connectivity index (χ3n) is 2.02. The normalized spacial score (nSPS) is 11.7. The summed E-state index contributed by atoms with van der Waals surface area (Å²) in [5.74, 6) is 0. The van der Waals surface area contributed by atoms with E-state index in [9.17, 15) is 9.59 Å². The Morgan fingerprint density at radius 1 is 1.47 bits per heavy atom. The lowest BCUT2D eigenvalue weighted by Gasteiger charge is -2.18. The highest BCUT2D eigenvalue weighted by Crippen LogP contribution is 2.11. The molecule has 0 aliphatic rings. The van der Waals surface area contributed by atoms with Crippen LogP contribution in [0, 0.1) is 0 Å². The van der Waals surface area contributed by atoms with Crippen LogP contribution in [0.4, 0.5) is 4.79 Å². The molecule has 0 aliphatic carbocycles. The van der Waals surface area contributed by atoms with Crippen LogP contribution in [0.2, 0.25) is 0 Å². The molecule has 2 rings (SSSR count). The molecule has 0 saturated carbocycles. The maximum Gasteiger partial charge on any atom is 0.424 e. The van der Waals surface area contributed by atoms with Crippen molar-refractivity contribution in [2.45, 2.75) is 26.4 Å². The van der Waals surface area contributed by atoms with E-state index >= 15 is 0 Å². The van der Waals surface area contributed by atoms with E-state index < -0.39 is 17.4 Å². The van der Waals surface area contributed by atoms with Gasteiger partial charge in [0.2, 0.25) is 0 Å². The van der Waals surface area contributed by atoms with Gasteiger partial charge in [0.15, 0.2) is 5.65 Å². The van der Waals surface area contributed by atoms with Crippen LogP contribution in [-0.2, 0) is 4.74 Å². The summed E-state index contributed by atoms with van der Waals surface area (Å²) in [6.45, 7) is 5.20. The lowest BCUT2D eigenvalue weighted by Crippen LogP contribution is -2.32. The Bertz CT molecular complexity index is 619. The van der Waals surface area contributed by atoms with Gasteiger partial charge in [0.25, 0.3) is 0 Å². The lowest BCUT2D eigenvalue weighted by atomic mass is 10.2. The minimum absolute atomic E-state index is 0.270. The minimum Gasteiger partial charge on any atom is -0.443 e. The molecular weight excluding hydrogens is 222 g/mol. The number of hydrogen-bond acceptors (Lipinski definition) is 4. The second-order valence-corrected chi connectivity index (χ2v) is 4.62. The maximum atomic E-state index is 11.8. The third kappa shape index (κ3) is 2.20. The van der Waals surface area contributed by atoms with Crippen molar-refractivity contribution >= 4 is 17.3 Å². The van der Waals surface area contributed by atoms with Gasteiger partial charge >= 0.3 is 11.8 Å². The van der Waals surface area contributed by atoms with Crippen molar-refractivity contribution in [2.75, 3.05) is 0 Å². The summed E-state index contributed by atoms with van der Waals surface area (Å²) in [5, 5.41) is 0. The number of carbonyl (C=O) groups excluding carboxylic acids is 1. The van der Waals surface area contributed by atoms with Gasteiger partial charge in [-0.25, -0.2) is 14.6 Å². The highest BCUT2D eigenvalue weighted by atomic mass is 16.6. The Morgan fingerprint density at radius 2 is 2.18 bits per heavy atom. The zero-order valence-electron chi connectivity index (χ0n) is 9.85. The van der Waals surface area contributed by atoms with E-state index in [1.54, 1.807) is 32.9 Å². The summed E-state index contributed by atoms with van der Waals surface area (Å²) in [6, 6.07) is 3.35. The van der Waals surface area contributed by atoms with Gasteiger partial charge in [-0.1, -0.05) is 0 Å². The number of hydrogen-bond donors (Lipinski definition) is 1. The number of rotatable bonds is 0. The number of nitrogens with one attached hydrogen (secondary N) is 1. The number of fused-ring (bicyclic) bond motifs is 1. The SMILES string of the molecule is CC(C)(C)OC(=O)n1c(=O)[nH]c2cccnc21. The second-order valence-electron chi connectivity index (χ2n) is 4.62. The van der Waals surface area contributed by atoms with Crippen LogP contribution in [0.25, 0.3) is 11.2 Å². The largest absolute Gasteiger partial charge is 0.443 e. The van der Waals surface area contributed by atoms with Gasteiger partial charge in [-0.05, 0) is 32.9 Å². The van der Waals surface area contributed by atoms with E-state index in [-0.39, 0.29) is 5.65 Å². The number of imidazole rings is 1. The maximum absolute atomic E-state index is 11.8. The zero-order chi connectivity index (χ0) is 12.6. The molecule has 2 aromatic rings. The molecule has 6 heteroatoms. The van der Waals surface area contributed by atoms with E-state index in [2.05, 4.69) is 9.97 Å². The molecule has 0 radical (unpaired) electrons. The van der Waals surface area contributed by atoms with Crippen LogP contribution in [0.5, 0.6) is 0 Å². The molecule has 17 heavy (non-hydrogen) atoms. The second kappa shape index (κ2) is 3.73. The average Bonchev–Trinajstić information content (AvgIpc) is 2.50. The fraction of sp³-hybridized carbons (Fsp3) is 0.364. The number of nitrogens with zero attached hydrogens (tertiary/aromatic N) is 2. The summed E-state index contributed by atoms with van der Waals surface area (Å²) < 4.78 is 6.02. The lowest BCUT2D eigenvalue weighted by molar-refractivity contribution is 0.0537. The number of pyridine rings is 1. The van der Waals surface area contributed by atoms with Gasteiger partial charge in [0, 0.05) is 6.20 Å². The fourth-order valence-electron chi connectivity index (χ4n) is 1.42. The van der Waals surface area contributed by atoms with Crippen LogP contribution < -0.4 is 5.69 Å². The molecule has 2 aromatic heterocycles. The van der Waals surface area contributed by atoms with E-state index in [1.807, 2.05) is 0 Å². The molecular formula is C11H13N3O3. The summed E-state index contributed by atoms with van der Waals surface area (Å²) in [5.41, 5.74) is -0.433. The van der Waals surface area contributed by atoms with Crippen LogP contribution >= 0.6 is 0 Å². The van der Waals surface area contributed by atoms with Gasteiger partial charge in [-0.15, -0.1) is 0 Å². The van der Waals surface area contributed by atoms with Gasteiger partial charge in [0.05, 0.1) is 5.52 Å². The number of aromatic amines is 1. The van der Waals surface area contributed by atoms with Crippen molar-refractivity contribution in [1.29, 1.82) is 0 Å². The highest BCUT2D eigenvalue weighted by Gasteiger charge is 2.21. The Balaban J connectivity index is 2.52. The first kappa shape index (κ1) is 11.4. The van der Waals surface area contributed by atoms with Gasteiger partial charge < -0.3 is 9.72 Å². The summed E-state index contributed by atoms with van der Waals surface area (Å²) in [6.07, 6.45) is 0.781. The molecule has 0 unspecified atom stereocenters. The fourth-order valence-corrected chi connectivity index (χ4v) is 1.42. The van der Waals surface area contributed by atoms with E-state index in [0.29, 0.717) is 5.52 Å². The van der Waals surface area contributed by atoms with Crippen molar-refractivity contribution < 1.29 is 9.53 Å². The molecule has 2 heterocycles. The van der Waals surface area contributed by atoms with E-state index in [1.165, 1.54) is 6.20 Å². The minimum atomic E-state index is -0.729. The van der Waals surface area contributed by atoms with Crippen molar-refractivity contribution in [3.63, 3.8) is 0 Å². The van der Waals surface area contributed by atoms with Crippen LogP contribution in [0.1, 0.15) is 20.8 Å². The first-order valence-electron chi connectivity index (χ1n) is 5.17. The quantitative estimate of drug-likeness (QED) is 0.750. The third-order valence-corrected chi connectivity index (χ3v) is 2.02. The molecule has 0 amide bonds. The Hall–Kier alpha value is -2.11. The smallest absolute Gasteiger partial charge is 0.424 e. The average molecular weight is 235 g/mol. The molecule has 0 fully saturated rings. The van der Waals surface area contributed by atoms with Crippen molar-refractivity contribution in [3.05, 3.63) is 28.8 Å². The van der Waals surface area contributed by atoms with Gasteiger partial charge in [0.1, 0.15) is 5.60 Å². The first-order valence-corrected chi connectivity index (χ1v) is 5.17. The predicted molar refractivity (Wildman–Crippen MR) is 62.0 cm³/mol. The summed E-state index contributed by atoms with van der Waals surface area (Å²) >= 11 is 0. The first-order chi connectivity index (χ1) is 7.88. The number of aromatic nitrogens is 3. The standard InChI is InChI=1S/C11H13N3O3/c1-11(2,3)17-10(16)14-8-7(13-9(14)15)5-4-6-12-8/h4-6H,1-3H3,(H,13,15). The van der Waals surface area contributed by atoms with Crippen molar-refractivity contribution in [1.82, 2.24) is 14.5 Å². The molecule has 90 valence electrons. The topological polar surface area (TPSA) is 77.0 Å². The Labute approximate surface area is 97.2 Å². The monoisotopic (exact) mass is 235 g/mol. The van der Waals surface area contributed by atoms with E-state index in [4.69, 9.17) is 4.74 Å². The number of carbonyl (C=O) groups is 1. The Morgan fingerprint density at radius 3 is 2.82 bits per heavy atom. The van der Waals surface area contributed by atoms with Crippen LogP contribution in [-0.4, -0.2) is 26.2 Å². The van der Waals surface area contributed by atoms with E-state index in [0.717, 1.165) is 4.57 Å². The number of ether oxygens (including phenoxy) is 1. The molecule has 1 N–H and O–H groups in total. The van der Waals surface area contributed by atoms with Gasteiger partial charge in [-0.3, -0.25) is 0 Å². The molecule has 0 aromatic carbocycles. The van der Waals surface area contributed by atoms with Crippen molar-refractivity contribution in [2.24, 2.45) is 0 Å². The molecule has 0 atom stereocenters. The predicted octanol–water partition coefficient (Wildman–Crippen LogP) is 1.51. The van der Waals surface area contributed by atoms with Crippen LogP contribution in [0.3, 0.4) is 0 Å². The molecule has 0 aliphatic heterocycles. The summed E-state index contributed by atoms with van der Waals surface area (Å²) in [7, 11) is 0. The van der Waals surface area contributed by atoms with Gasteiger partial charge in [-0.2, -0.15) is 4.57 Å². The molecule has 0 spiro atoms. The zero-order valence-corrected chi connectivity index (χ0v) is 9.85. The highest BCUT2D eigenvalue weighted by molar-refractivity contribution is 5.83. The molecule has 6 nitrogen and oxygen atoms in total. The van der Waals surface area contributed by atoms with Crippen molar-refractivity contribution in [3.8, 4) is 0 Å². The Kier molecular flexibility index (Phi) is 2.49. The molecule has 0 bridgehead atoms. The summed E-state index contributed by atoms with van der Waals surface area (Å²) in [4.78, 5) is 30.0. The number of H-pyrrole nitrogens is 1.